The third-order valence-electron chi connectivity index (χ3n) is 9.25. The van der Waals surface area contributed by atoms with Crippen molar-refractivity contribution in [2.45, 2.75) is 6.67 Å². The van der Waals surface area contributed by atoms with Gasteiger partial charge in [0.1, 0.15) is 6.67 Å². The van der Waals surface area contributed by atoms with E-state index in [0.717, 1.165) is 49.7 Å². The van der Waals surface area contributed by atoms with Crippen LogP contribution in [0.1, 0.15) is 11.1 Å². The van der Waals surface area contributed by atoms with E-state index >= 15 is 0 Å². The Morgan fingerprint density at radius 3 is 1.92 bits per heavy atom. The lowest BCUT2D eigenvalue weighted by Gasteiger charge is -2.13. The summed E-state index contributed by atoms with van der Waals surface area (Å²) in [7, 11) is 0. The van der Waals surface area contributed by atoms with Gasteiger partial charge < -0.3 is 9.13 Å². The summed E-state index contributed by atoms with van der Waals surface area (Å²) in [4.78, 5) is 19.0. The molecule has 232 valence electrons. The van der Waals surface area contributed by atoms with Crippen molar-refractivity contribution in [3.63, 3.8) is 0 Å². The van der Waals surface area contributed by atoms with Gasteiger partial charge in [0, 0.05) is 55.8 Å². The van der Waals surface area contributed by atoms with Crippen molar-refractivity contribution in [3.8, 4) is 5.69 Å². The van der Waals surface area contributed by atoms with Gasteiger partial charge in [-0.05, 0) is 31.0 Å². The van der Waals surface area contributed by atoms with Gasteiger partial charge in [0.25, 0.3) is 0 Å². The number of pyridine rings is 1. The standard InChI is InChI=1S/C43H30N6/c1-44-42(29-13-4-2-5-14-29)47-43(30-15-6-3-7-16-30)46-28-48-37-20-10-8-18-33(37)35-23-24-36-34-19-9-11-21-39(34)49(41(36)40(35)48)38-22-12-17-31-27-45-26-25-32(31)38/h2-27H,1,28H2/b46-43-,47-42?. The van der Waals surface area contributed by atoms with E-state index < -0.39 is 0 Å². The zero-order chi connectivity index (χ0) is 32.7. The Kier molecular flexibility index (Phi) is 6.91. The zero-order valence-corrected chi connectivity index (χ0v) is 26.6. The Labute approximate surface area is 282 Å². The monoisotopic (exact) mass is 630 g/mol. The molecule has 0 aliphatic heterocycles. The third-order valence-corrected chi connectivity index (χ3v) is 9.25. The second kappa shape index (κ2) is 11.9. The first-order chi connectivity index (χ1) is 24.3. The van der Waals surface area contributed by atoms with E-state index in [1.807, 2.05) is 73.1 Å². The van der Waals surface area contributed by atoms with Gasteiger partial charge in [0.05, 0.1) is 27.8 Å². The van der Waals surface area contributed by atoms with E-state index in [4.69, 9.17) is 9.98 Å². The highest BCUT2D eigenvalue weighted by Gasteiger charge is 2.21. The van der Waals surface area contributed by atoms with Gasteiger partial charge in [-0.15, -0.1) is 0 Å². The molecule has 6 nitrogen and oxygen atoms in total. The van der Waals surface area contributed by atoms with Gasteiger partial charge in [0.15, 0.2) is 11.7 Å². The molecule has 0 saturated heterocycles. The lowest BCUT2D eigenvalue weighted by Crippen LogP contribution is -2.07. The minimum atomic E-state index is 0.344. The van der Waals surface area contributed by atoms with Crippen molar-refractivity contribution in [2.24, 2.45) is 15.0 Å². The van der Waals surface area contributed by atoms with Crippen LogP contribution in [0, 0.1) is 0 Å². The topological polar surface area (TPSA) is 59.8 Å². The maximum atomic E-state index is 5.25. The molecule has 49 heavy (non-hydrogen) atoms. The number of amidine groups is 2. The van der Waals surface area contributed by atoms with Crippen molar-refractivity contribution in [2.75, 3.05) is 0 Å². The Hall–Kier alpha value is -6.66. The summed E-state index contributed by atoms with van der Waals surface area (Å²) < 4.78 is 4.75. The van der Waals surface area contributed by atoms with Crippen LogP contribution >= 0.6 is 0 Å². The number of aliphatic imine (C=N–C) groups is 3. The number of hydrogen-bond acceptors (Lipinski definition) is 2. The zero-order valence-electron chi connectivity index (χ0n) is 26.6. The summed E-state index contributed by atoms with van der Waals surface area (Å²) in [6, 6.07) is 50.3. The number of hydrogen-bond donors (Lipinski definition) is 0. The average molecular weight is 631 g/mol. The van der Waals surface area contributed by atoms with Gasteiger partial charge in [-0.25, -0.2) is 15.0 Å². The summed E-state index contributed by atoms with van der Waals surface area (Å²) in [5, 5.41) is 6.97. The Bertz CT molecular complexity index is 2750. The van der Waals surface area contributed by atoms with Crippen molar-refractivity contribution in [1.82, 2.24) is 14.1 Å². The fourth-order valence-electron chi connectivity index (χ4n) is 7.08. The molecule has 0 aliphatic rings. The summed E-state index contributed by atoms with van der Waals surface area (Å²) in [6.07, 6.45) is 3.80. The number of nitrogens with zero attached hydrogens (tertiary/aromatic N) is 6. The molecule has 0 amide bonds. The van der Waals surface area contributed by atoms with E-state index in [-0.39, 0.29) is 0 Å². The first-order valence-electron chi connectivity index (χ1n) is 16.3. The van der Waals surface area contributed by atoms with E-state index in [1.54, 1.807) is 0 Å². The first-order valence-corrected chi connectivity index (χ1v) is 16.3. The Morgan fingerprint density at radius 1 is 0.551 bits per heavy atom. The van der Waals surface area contributed by atoms with Crippen LogP contribution in [0.25, 0.3) is 60.1 Å². The van der Waals surface area contributed by atoms with E-state index in [9.17, 15) is 0 Å². The number of benzene rings is 6. The highest BCUT2D eigenvalue weighted by atomic mass is 15.1. The Balaban J connectivity index is 1.36. The van der Waals surface area contributed by atoms with Crippen LogP contribution in [0.4, 0.5) is 0 Å². The minimum Gasteiger partial charge on any atom is -0.318 e. The molecule has 3 aromatic heterocycles. The Morgan fingerprint density at radius 2 is 1.18 bits per heavy atom. The van der Waals surface area contributed by atoms with Crippen molar-refractivity contribution < 1.29 is 0 Å². The smallest absolute Gasteiger partial charge is 0.161 e. The summed E-state index contributed by atoms with van der Waals surface area (Å²) >= 11 is 0. The molecule has 9 aromatic rings. The number of para-hydroxylation sites is 2. The van der Waals surface area contributed by atoms with E-state index in [0.29, 0.717) is 18.3 Å². The van der Waals surface area contributed by atoms with E-state index in [2.05, 4.69) is 111 Å². The van der Waals surface area contributed by atoms with Crippen LogP contribution in [-0.2, 0) is 6.67 Å². The molecule has 6 heteroatoms. The van der Waals surface area contributed by atoms with Gasteiger partial charge >= 0.3 is 0 Å². The molecule has 0 bridgehead atoms. The number of aromatic nitrogens is 3. The molecule has 0 spiro atoms. The van der Waals surface area contributed by atoms with Crippen LogP contribution < -0.4 is 0 Å². The minimum absolute atomic E-state index is 0.344. The second-order valence-electron chi connectivity index (χ2n) is 12.0. The largest absolute Gasteiger partial charge is 0.318 e. The van der Waals surface area contributed by atoms with Crippen molar-refractivity contribution in [3.05, 3.63) is 169 Å². The highest BCUT2D eigenvalue weighted by molar-refractivity contribution is 6.23. The van der Waals surface area contributed by atoms with Gasteiger partial charge in [-0.1, -0.05) is 121 Å². The van der Waals surface area contributed by atoms with Crippen LogP contribution in [0.15, 0.2) is 173 Å². The molecule has 3 heterocycles. The molecule has 0 fully saturated rings. The molecule has 0 aliphatic carbocycles. The second-order valence-corrected chi connectivity index (χ2v) is 12.0. The predicted molar refractivity (Wildman–Crippen MR) is 205 cm³/mol. The summed E-state index contributed by atoms with van der Waals surface area (Å²) in [6.45, 7) is 4.19. The van der Waals surface area contributed by atoms with Crippen LogP contribution in [0.5, 0.6) is 0 Å². The molecule has 0 unspecified atom stereocenters. The van der Waals surface area contributed by atoms with Crippen molar-refractivity contribution in [1.29, 1.82) is 0 Å². The molecule has 0 N–H and O–H groups in total. The van der Waals surface area contributed by atoms with Crippen LogP contribution in [0.3, 0.4) is 0 Å². The predicted octanol–water partition coefficient (Wildman–Crippen LogP) is 9.99. The molecular formula is C43H30N6. The molecule has 9 rings (SSSR count). The lowest BCUT2D eigenvalue weighted by molar-refractivity contribution is 0.792. The SMILES string of the molecule is C=NC(=N/C(=N\Cn1c2ccccc2c2ccc3c4ccccc4n(-c4cccc5cnccc45)c3c21)c1ccccc1)c1ccccc1. The van der Waals surface area contributed by atoms with E-state index in [1.165, 1.54) is 21.5 Å². The quantitative estimate of drug-likeness (QED) is 0.138. The molecule has 0 radical (unpaired) electrons. The maximum absolute atomic E-state index is 5.25. The fraction of sp³-hybridized carbons (Fsp3) is 0.0233. The molecule has 0 saturated carbocycles. The normalized spacial score (nSPS) is 12.5. The fourth-order valence-corrected chi connectivity index (χ4v) is 7.08. The van der Waals surface area contributed by atoms with Crippen molar-refractivity contribution >= 4 is 72.8 Å². The summed E-state index contributed by atoms with van der Waals surface area (Å²) in [5.74, 6) is 1.12. The van der Waals surface area contributed by atoms with Gasteiger partial charge in [0.2, 0.25) is 0 Å². The van der Waals surface area contributed by atoms with Crippen LogP contribution in [0.2, 0.25) is 0 Å². The lowest BCUT2D eigenvalue weighted by atomic mass is 10.1. The van der Waals surface area contributed by atoms with Gasteiger partial charge in [-0.2, -0.15) is 0 Å². The van der Waals surface area contributed by atoms with Crippen LogP contribution in [-0.4, -0.2) is 32.5 Å². The van der Waals surface area contributed by atoms with Gasteiger partial charge in [-0.3, -0.25) is 4.98 Å². The molecular weight excluding hydrogens is 601 g/mol. The highest BCUT2D eigenvalue weighted by Crippen LogP contribution is 2.41. The first kappa shape index (κ1) is 28.6. The average Bonchev–Trinajstić information content (AvgIpc) is 3.68. The number of fused-ring (bicyclic) bond motifs is 8. The molecule has 0 atom stereocenters. The maximum Gasteiger partial charge on any atom is 0.161 e. The third kappa shape index (κ3) is 4.73. The number of rotatable bonds is 5. The molecule has 6 aromatic carbocycles. The summed E-state index contributed by atoms with van der Waals surface area (Å²) in [5.41, 5.74) is 7.41.